The zero-order valence-corrected chi connectivity index (χ0v) is 8.34. The summed E-state index contributed by atoms with van der Waals surface area (Å²) in [7, 11) is 1.83. The van der Waals surface area contributed by atoms with Crippen molar-refractivity contribution in [3.8, 4) is 6.07 Å². The zero-order valence-electron chi connectivity index (χ0n) is 8.34. The first-order valence-electron chi connectivity index (χ1n) is 4.42. The van der Waals surface area contributed by atoms with Crippen molar-refractivity contribution in [2.24, 2.45) is 0 Å². The van der Waals surface area contributed by atoms with E-state index < -0.39 is 4.92 Å². The van der Waals surface area contributed by atoms with E-state index in [4.69, 9.17) is 9.68 Å². The summed E-state index contributed by atoms with van der Waals surface area (Å²) in [6.07, 6.45) is 0.430. The van der Waals surface area contributed by atoms with Gasteiger partial charge in [-0.2, -0.15) is 5.26 Å². The molecule has 1 rings (SSSR count). The van der Waals surface area contributed by atoms with Crippen LogP contribution in [0.2, 0.25) is 0 Å². The molecule has 0 saturated carbocycles. The Morgan fingerprint density at radius 3 is 2.93 bits per heavy atom. The molecule has 0 atom stereocenters. The molecule has 6 nitrogen and oxygen atoms in total. The molecule has 6 heteroatoms. The van der Waals surface area contributed by atoms with Crippen LogP contribution in [0.5, 0.6) is 0 Å². The minimum absolute atomic E-state index is 0.251. The maximum atomic E-state index is 10.3. The minimum Gasteiger partial charge on any atom is -0.404 e. The van der Waals surface area contributed by atoms with Gasteiger partial charge in [-0.25, -0.2) is 0 Å². The standard InChI is InChI=1S/C9H11N3O3/c1-11(6-2-5-10)7-8-3-4-9(15-8)12(13)14/h3-4H,2,6-7H2,1H3. The van der Waals surface area contributed by atoms with Gasteiger partial charge in [0.1, 0.15) is 10.7 Å². The van der Waals surface area contributed by atoms with Gasteiger partial charge in [0.25, 0.3) is 0 Å². The summed E-state index contributed by atoms with van der Waals surface area (Å²) < 4.78 is 4.97. The highest BCUT2D eigenvalue weighted by Crippen LogP contribution is 2.16. The summed E-state index contributed by atoms with van der Waals surface area (Å²) in [5.41, 5.74) is 0. The number of hydrogen-bond donors (Lipinski definition) is 0. The predicted octanol–water partition coefficient (Wildman–Crippen LogP) is 1.53. The number of nitriles is 1. The molecule has 1 heterocycles. The molecule has 0 aliphatic rings. The second-order valence-corrected chi connectivity index (χ2v) is 3.14. The molecule has 0 saturated heterocycles. The number of rotatable bonds is 5. The first-order chi connectivity index (χ1) is 7.13. The molecule has 0 fully saturated rings. The van der Waals surface area contributed by atoms with Crippen LogP contribution in [-0.4, -0.2) is 23.4 Å². The van der Waals surface area contributed by atoms with Gasteiger partial charge in [-0.15, -0.1) is 0 Å². The van der Waals surface area contributed by atoms with Gasteiger partial charge in [-0.1, -0.05) is 0 Å². The molecule has 0 bridgehead atoms. The maximum Gasteiger partial charge on any atom is 0.433 e. The van der Waals surface area contributed by atoms with Gasteiger partial charge in [-0.05, 0) is 13.1 Å². The summed E-state index contributed by atoms with van der Waals surface area (Å²) >= 11 is 0. The van der Waals surface area contributed by atoms with E-state index in [-0.39, 0.29) is 5.88 Å². The third-order valence-electron chi connectivity index (χ3n) is 1.86. The van der Waals surface area contributed by atoms with Crippen LogP contribution >= 0.6 is 0 Å². The minimum atomic E-state index is -0.571. The lowest BCUT2D eigenvalue weighted by molar-refractivity contribution is -0.402. The van der Waals surface area contributed by atoms with Crippen molar-refractivity contribution in [1.82, 2.24) is 4.90 Å². The Bertz CT molecular complexity index is 380. The second kappa shape index (κ2) is 5.12. The van der Waals surface area contributed by atoms with E-state index >= 15 is 0 Å². The maximum absolute atomic E-state index is 10.3. The molecular formula is C9H11N3O3. The molecule has 0 radical (unpaired) electrons. The van der Waals surface area contributed by atoms with E-state index in [9.17, 15) is 10.1 Å². The largest absolute Gasteiger partial charge is 0.433 e. The van der Waals surface area contributed by atoms with E-state index in [0.717, 1.165) is 0 Å². The molecular weight excluding hydrogens is 198 g/mol. The van der Waals surface area contributed by atoms with E-state index in [1.165, 1.54) is 6.07 Å². The van der Waals surface area contributed by atoms with E-state index in [1.807, 2.05) is 18.0 Å². The lowest BCUT2D eigenvalue weighted by atomic mass is 10.4. The van der Waals surface area contributed by atoms with Gasteiger partial charge in [0.2, 0.25) is 0 Å². The Morgan fingerprint density at radius 1 is 1.67 bits per heavy atom. The van der Waals surface area contributed by atoms with Gasteiger partial charge in [0.05, 0.1) is 18.7 Å². The number of nitrogens with zero attached hydrogens (tertiary/aromatic N) is 3. The molecule has 0 aromatic carbocycles. The Labute approximate surface area is 86.9 Å². The molecule has 1 aromatic heterocycles. The van der Waals surface area contributed by atoms with E-state index in [2.05, 4.69) is 0 Å². The fourth-order valence-corrected chi connectivity index (χ4v) is 1.14. The molecule has 0 unspecified atom stereocenters. The van der Waals surface area contributed by atoms with Crippen LogP contribution in [0.25, 0.3) is 0 Å². The Kier molecular flexibility index (Phi) is 3.83. The number of hydrogen-bond acceptors (Lipinski definition) is 5. The molecule has 0 spiro atoms. The van der Waals surface area contributed by atoms with Crippen molar-refractivity contribution in [1.29, 1.82) is 5.26 Å². The Balaban J connectivity index is 2.50. The van der Waals surface area contributed by atoms with E-state index in [0.29, 0.717) is 25.3 Å². The molecule has 0 N–H and O–H groups in total. The summed E-state index contributed by atoms with van der Waals surface area (Å²) in [4.78, 5) is 11.6. The Hall–Kier alpha value is -1.87. The van der Waals surface area contributed by atoms with Crippen molar-refractivity contribution in [2.45, 2.75) is 13.0 Å². The van der Waals surface area contributed by atoms with Crippen LogP contribution in [0.4, 0.5) is 5.88 Å². The average Bonchev–Trinajstić information content (AvgIpc) is 2.63. The van der Waals surface area contributed by atoms with Crippen LogP contribution in [0.3, 0.4) is 0 Å². The SMILES string of the molecule is CN(CCC#N)Cc1ccc([N+](=O)[O-])o1. The van der Waals surface area contributed by atoms with Gasteiger partial charge in [0.15, 0.2) is 0 Å². The number of furan rings is 1. The van der Waals surface area contributed by atoms with Gasteiger partial charge < -0.3 is 4.42 Å². The fourth-order valence-electron chi connectivity index (χ4n) is 1.14. The molecule has 1 aromatic rings. The third kappa shape index (κ3) is 3.40. The van der Waals surface area contributed by atoms with Crippen molar-refractivity contribution >= 4 is 5.88 Å². The number of nitro groups is 1. The highest BCUT2D eigenvalue weighted by molar-refractivity contribution is 5.17. The summed E-state index contributed by atoms with van der Waals surface area (Å²) in [6.45, 7) is 1.08. The van der Waals surface area contributed by atoms with Gasteiger partial charge in [0, 0.05) is 13.0 Å². The van der Waals surface area contributed by atoms with Crippen LogP contribution in [0.15, 0.2) is 16.5 Å². The molecule has 15 heavy (non-hydrogen) atoms. The molecule has 0 amide bonds. The van der Waals surface area contributed by atoms with Crippen LogP contribution in [0, 0.1) is 21.4 Å². The first kappa shape index (κ1) is 11.2. The quantitative estimate of drug-likeness (QED) is 0.542. The van der Waals surface area contributed by atoms with Gasteiger partial charge in [-0.3, -0.25) is 15.0 Å². The van der Waals surface area contributed by atoms with Crippen LogP contribution < -0.4 is 0 Å². The lowest BCUT2D eigenvalue weighted by Crippen LogP contribution is -2.18. The van der Waals surface area contributed by atoms with Gasteiger partial charge >= 0.3 is 5.88 Å². The Morgan fingerprint density at radius 2 is 2.40 bits per heavy atom. The topological polar surface area (TPSA) is 83.3 Å². The summed E-state index contributed by atoms with van der Waals surface area (Å²) in [5.74, 6) is 0.279. The fraction of sp³-hybridized carbons (Fsp3) is 0.444. The second-order valence-electron chi connectivity index (χ2n) is 3.14. The highest BCUT2D eigenvalue weighted by atomic mass is 16.6. The lowest BCUT2D eigenvalue weighted by Gasteiger charge is -2.11. The smallest absolute Gasteiger partial charge is 0.404 e. The van der Waals surface area contributed by atoms with Crippen molar-refractivity contribution in [3.05, 3.63) is 28.0 Å². The monoisotopic (exact) mass is 209 g/mol. The van der Waals surface area contributed by atoms with Crippen molar-refractivity contribution in [2.75, 3.05) is 13.6 Å². The summed E-state index contributed by atoms with van der Waals surface area (Å²) in [6, 6.07) is 4.92. The highest BCUT2D eigenvalue weighted by Gasteiger charge is 2.12. The normalized spacial score (nSPS) is 10.2. The van der Waals surface area contributed by atoms with Crippen LogP contribution in [-0.2, 0) is 6.54 Å². The van der Waals surface area contributed by atoms with Crippen molar-refractivity contribution < 1.29 is 9.34 Å². The van der Waals surface area contributed by atoms with Crippen LogP contribution in [0.1, 0.15) is 12.2 Å². The third-order valence-corrected chi connectivity index (χ3v) is 1.86. The van der Waals surface area contributed by atoms with E-state index in [1.54, 1.807) is 6.07 Å². The average molecular weight is 209 g/mol. The zero-order chi connectivity index (χ0) is 11.3. The summed E-state index contributed by atoms with van der Waals surface area (Å²) in [5, 5.41) is 18.7. The molecule has 0 aliphatic heterocycles. The first-order valence-corrected chi connectivity index (χ1v) is 4.42. The predicted molar refractivity (Wildman–Crippen MR) is 51.9 cm³/mol. The molecule has 0 aliphatic carbocycles. The van der Waals surface area contributed by atoms with Crippen molar-refractivity contribution in [3.63, 3.8) is 0 Å². The molecule has 80 valence electrons.